The maximum absolute atomic E-state index is 12.8. The Kier molecular flexibility index (Phi) is 5.29. The van der Waals surface area contributed by atoms with Crippen molar-refractivity contribution in [2.24, 2.45) is 0 Å². The number of para-hydroxylation sites is 2. The van der Waals surface area contributed by atoms with Gasteiger partial charge in [0.15, 0.2) is 9.84 Å². The number of hydrogen-bond donors (Lipinski definition) is 1. The van der Waals surface area contributed by atoms with Gasteiger partial charge in [0.25, 0.3) is 0 Å². The Hall–Kier alpha value is -3.20. The Bertz CT molecular complexity index is 1330. The topological polar surface area (TPSA) is 107 Å². The number of aromatic nitrogens is 2. The third kappa shape index (κ3) is 4.06. The Balaban J connectivity index is 1.69. The van der Waals surface area contributed by atoms with E-state index in [1.165, 1.54) is 4.57 Å². The van der Waals surface area contributed by atoms with Crippen molar-refractivity contribution in [3.63, 3.8) is 0 Å². The lowest BCUT2D eigenvalue weighted by molar-refractivity contribution is -0.122. The molecule has 0 spiro atoms. The van der Waals surface area contributed by atoms with Gasteiger partial charge in [-0.15, -0.1) is 0 Å². The summed E-state index contributed by atoms with van der Waals surface area (Å²) in [4.78, 5) is 38.1. The predicted octanol–water partition coefficient (Wildman–Crippen LogP) is 0.515. The minimum Gasteiger partial charge on any atom is -0.351 e. The van der Waals surface area contributed by atoms with Crippen LogP contribution in [0, 0.1) is 0 Å². The normalized spacial score (nSPS) is 17.8. The highest BCUT2D eigenvalue weighted by Crippen LogP contribution is 2.14. The molecular formula is C21H21N3O5S. The number of hydrogen-bond acceptors (Lipinski definition) is 5. The summed E-state index contributed by atoms with van der Waals surface area (Å²) in [5.41, 5.74) is 0.379. The smallest absolute Gasteiger partial charge is 0.317 e. The van der Waals surface area contributed by atoms with Gasteiger partial charge in [-0.05, 0) is 24.1 Å². The lowest BCUT2D eigenvalue weighted by atomic mass is 10.2. The molecule has 8 nitrogen and oxygen atoms in total. The molecule has 1 N–H and O–H groups in total. The quantitative estimate of drug-likeness (QED) is 0.597. The van der Waals surface area contributed by atoms with Gasteiger partial charge in [-0.2, -0.15) is 0 Å². The highest BCUT2D eigenvalue weighted by molar-refractivity contribution is 7.91. The molecule has 9 heteroatoms. The summed E-state index contributed by atoms with van der Waals surface area (Å²) in [6, 6.07) is 15.8. The fraction of sp³-hybridized carbons (Fsp3) is 0.286. The van der Waals surface area contributed by atoms with Crippen LogP contribution in [0.15, 0.2) is 64.2 Å². The first-order chi connectivity index (χ1) is 14.3. The number of sulfone groups is 1. The summed E-state index contributed by atoms with van der Waals surface area (Å²) in [5, 5.41) is 2.66. The van der Waals surface area contributed by atoms with Crippen LogP contribution < -0.4 is 16.4 Å². The van der Waals surface area contributed by atoms with Crippen LogP contribution in [0.4, 0.5) is 0 Å². The van der Waals surface area contributed by atoms with Crippen molar-refractivity contribution in [1.29, 1.82) is 0 Å². The summed E-state index contributed by atoms with van der Waals surface area (Å²) in [5.74, 6) is -0.562. The van der Waals surface area contributed by atoms with E-state index in [9.17, 15) is 22.8 Å². The van der Waals surface area contributed by atoms with Crippen molar-refractivity contribution in [3.05, 3.63) is 80.9 Å². The van der Waals surface area contributed by atoms with Crippen molar-refractivity contribution in [2.45, 2.75) is 25.6 Å². The van der Waals surface area contributed by atoms with E-state index in [-0.39, 0.29) is 24.6 Å². The molecule has 3 aromatic rings. The van der Waals surface area contributed by atoms with Crippen LogP contribution in [-0.2, 0) is 27.7 Å². The molecule has 2 aromatic carbocycles. The molecule has 1 fully saturated rings. The zero-order valence-electron chi connectivity index (χ0n) is 16.2. The van der Waals surface area contributed by atoms with Gasteiger partial charge < -0.3 is 5.32 Å². The molecule has 0 aliphatic carbocycles. The molecule has 1 amide bonds. The highest BCUT2D eigenvalue weighted by atomic mass is 32.2. The van der Waals surface area contributed by atoms with Crippen LogP contribution in [0.25, 0.3) is 11.0 Å². The van der Waals surface area contributed by atoms with Crippen LogP contribution in [0.1, 0.15) is 12.0 Å². The largest absolute Gasteiger partial charge is 0.351 e. The molecule has 1 aromatic heterocycles. The van der Waals surface area contributed by atoms with Crippen LogP contribution in [0.5, 0.6) is 0 Å². The minimum atomic E-state index is -3.14. The number of fused-ring (bicyclic) bond motifs is 1. The third-order valence-corrected chi connectivity index (χ3v) is 6.99. The first-order valence-corrected chi connectivity index (χ1v) is 11.4. The van der Waals surface area contributed by atoms with Gasteiger partial charge in [0, 0.05) is 6.04 Å². The fourth-order valence-electron chi connectivity index (χ4n) is 3.78. The summed E-state index contributed by atoms with van der Waals surface area (Å²) in [6.45, 7) is -0.111. The van der Waals surface area contributed by atoms with E-state index in [2.05, 4.69) is 5.32 Å². The summed E-state index contributed by atoms with van der Waals surface area (Å²) >= 11 is 0. The predicted molar refractivity (Wildman–Crippen MR) is 113 cm³/mol. The van der Waals surface area contributed by atoms with E-state index in [0.717, 1.165) is 10.1 Å². The number of nitrogens with zero attached hydrogens (tertiary/aromatic N) is 2. The lowest BCUT2D eigenvalue weighted by Crippen LogP contribution is -2.45. The second-order valence-electron chi connectivity index (χ2n) is 7.42. The van der Waals surface area contributed by atoms with Crippen LogP contribution in [0.2, 0.25) is 0 Å². The van der Waals surface area contributed by atoms with E-state index >= 15 is 0 Å². The van der Waals surface area contributed by atoms with Crippen LogP contribution in [0.3, 0.4) is 0 Å². The summed E-state index contributed by atoms with van der Waals surface area (Å²) in [6.07, 6.45) is 0.350. The Morgan fingerprint density at radius 2 is 1.53 bits per heavy atom. The van der Waals surface area contributed by atoms with E-state index in [1.54, 1.807) is 24.3 Å². The van der Waals surface area contributed by atoms with Crippen molar-refractivity contribution in [1.82, 2.24) is 14.5 Å². The first kappa shape index (κ1) is 20.1. The number of nitrogens with one attached hydrogen (secondary N) is 1. The standard InChI is InChI=1S/C21H21N3O5S/c25-19(22-16-10-11-30(28,29)14-16)13-24-18-9-5-4-8-17(18)23(20(26)21(24)27)12-15-6-2-1-3-7-15/h1-9,16H,10-14H2,(H,22,25)/t16-/m1/s1. The lowest BCUT2D eigenvalue weighted by Gasteiger charge is -2.16. The van der Waals surface area contributed by atoms with Gasteiger partial charge in [0.2, 0.25) is 5.91 Å². The fourth-order valence-corrected chi connectivity index (χ4v) is 5.45. The van der Waals surface area contributed by atoms with Crippen molar-refractivity contribution >= 4 is 26.8 Å². The van der Waals surface area contributed by atoms with Crippen molar-refractivity contribution < 1.29 is 13.2 Å². The highest BCUT2D eigenvalue weighted by Gasteiger charge is 2.29. The molecule has 1 saturated heterocycles. The summed E-state index contributed by atoms with van der Waals surface area (Å²) in [7, 11) is -3.14. The average Bonchev–Trinajstić information content (AvgIpc) is 3.07. The van der Waals surface area contributed by atoms with Crippen LogP contribution in [-0.4, -0.2) is 41.0 Å². The molecule has 1 aliphatic heterocycles. The molecule has 0 saturated carbocycles. The van der Waals surface area contributed by atoms with Gasteiger partial charge in [-0.25, -0.2) is 8.42 Å². The van der Waals surface area contributed by atoms with E-state index in [0.29, 0.717) is 17.5 Å². The Morgan fingerprint density at radius 1 is 0.933 bits per heavy atom. The van der Waals surface area contributed by atoms with E-state index in [1.807, 2.05) is 30.3 Å². The molecule has 0 bridgehead atoms. The number of carbonyl (C=O) groups excluding carboxylic acids is 1. The second-order valence-corrected chi connectivity index (χ2v) is 9.65. The first-order valence-electron chi connectivity index (χ1n) is 9.60. The van der Waals surface area contributed by atoms with Gasteiger partial charge >= 0.3 is 11.1 Å². The molecular weight excluding hydrogens is 406 g/mol. The second kappa shape index (κ2) is 7.91. The number of benzene rings is 2. The molecule has 1 atom stereocenters. The van der Waals surface area contributed by atoms with Crippen LogP contribution >= 0.6 is 0 Å². The SMILES string of the molecule is O=C(Cn1c(=O)c(=O)n(Cc2ccccc2)c2ccccc21)N[C@@H]1CCS(=O)(=O)C1. The van der Waals surface area contributed by atoms with Gasteiger partial charge in [-0.3, -0.25) is 23.5 Å². The molecule has 156 valence electrons. The van der Waals surface area contributed by atoms with Gasteiger partial charge in [0.1, 0.15) is 6.54 Å². The molecule has 1 aliphatic rings. The Labute approximate surface area is 172 Å². The average molecular weight is 427 g/mol. The maximum atomic E-state index is 12.8. The molecule has 0 unspecified atom stereocenters. The number of amides is 1. The third-order valence-electron chi connectivity index (χ3n) is 5.22. The number of rotatable bonds is 5. The van der Waals surface area contributed by atoms with Gasteiger partial charge in [-0.1, -0.05) is 42.5 Å². The maximum Gasteiger partial charge on any atom is 0.317 e. The van der Waals surface area contributed by atoms with E-state index < -0.39 is 32.9 Å². The molecule has 0 radical (unpaired) electrons. The monoisotopic (exact) mass is 427 g/mol. The Morgan fingerprint density at radius 3 is 2.17 bits per heavy atom. The zero-order chi connectivity index (χ0) is 21.3. The minimum absolute atomic E-state index is 0.0381. The molecule has 4 rings (SSSR count). The van der Waals surface area contributed by atoms with Gasteiger partial charge in [0.05, 0.1) is 29.1 Å². The summed E-state index contributed by atoms with van der Waals surface area (Å²) < 4.78 is 25.7. The molecule has 2 heterocycles. The van der Waals surface area contributed by atoms with E-state index in [4.69, 9.17) is 0 Å². The van der Waals surface area contributed by atoms with Crippen molar-refractivity contribution in [2.75, 3.05) is 11.5 Å². The van der Waals surface area contributed by atoms with Crippen molar-refractivity contribution in [3.8, 4) is 0 Å². The number of carbonyl (C=O) groups is 1. The zero-order valence-corrected chi connectivity index (χ0v) is 17.0. The molecule has 30 heavy (non-hydrogen) atoms.